The standard InChI is InChI=1S/C11H18N2O5S/c1-8(9(2)11(15)16)10(14)12-4-6-13(7-5-12)19(3,17)18/h4-7H2,1-3H3,(H,15,16). The number of sulfonamides is 1. The van der Waals surface area contributed by atoms with Crippen LogP contribution in [0.3, 0.4) is 0 Å². The maximum atomic E-state index is 12.0. The van der Waals surface area contributed by atoms with Crippen LogP contribution < -0.4 is 0 Å². The first-order chi connectivity index (χ1) is 8.64. The van der Waals surface area contributed by atoms with Gasteiger partial charge in [-0.3, -0.25) is 4.79 Å². The molecule has 0 radical (unpaired) electrons. The average molecular weight is 290 g/mol. The zero-order valence-electron chi connectivity index (χ0n) is 11.2. The number of carbonyl (C=O) groups excluding carboxylic acids is 1. The predicted octanol–water partition coefficient (Wildman–Crippen LogP) is -0.489. The first-order valence-electron chi connectivity index (χ1n) is 5.79. The van der Waals surface area contributed by atoms with Crippen LogP contribution in [0.5, 0.6) is 0 Å². The van der Waals surface area contributed by atoms with E-state index in [2.05, 4.69) is 0 Å². The van der Waals surface area contributed by atoms with E-state index < -0.39 is 16.0 Å². The van der Waals surface area contributed by atoms with Crippen molar-refractivity contribution in [2.45, 2.75) is 13.8 Å². The van der Waals surface area contributed by atoms with Gasteiger partial charge in [-0.05, 0) is 13.8 Å². The Hall–Kier alpha value is -1.41. The van der Waals surface area contributed by atoms with Crippen LogP contribution in [0, 0.1) is 0 Å². The van der Waals surface area contributed by atoms with Crippen LogP contribution in [0.2, 0.25) is 0 Å². The summed E-state index contributed by atoms with van der Waals surface area (Å²) in [6.07, 6.45) is 1.13. The third kappa shape index (κ3) is 3.77. The maximum Gasteiger partial charge on any atom is 0.331 e. The van der Waals surface area contributed by atoms with E-state index in [-0.39, 0.29) is 43.2 Å². The van der Waals surface area contributed by atoms with Crippen molar-refractivity contribution >= 4 is 21.9 Å². The van der Waals surface area contributed by atoms with Crippen LogP contribution in [-0.2, 0) is 19.6 Å². The lowest BCUT2D eigenvalue weighted by Crippen LogP contribution is -2.50. The Morgan fingerprint density at radius 3 is 1.84 bits per heavy atom. The molecular weight excluding hydrogens is 272 g/mol. The maximum absolute atomic E-state index is 12.0. The van der Waals surface area contributed by atoms with E-state index in [1.54, 1.807) is 0 Å². The molecule has 1 saturated heterocycles. The van der Waals surface area contributed by atoms with Gasteiger partial charge in [0.2, 0.25) is 15.9 Å². The van der Waals surface area contributed by atoms with Gasteiger partial charge in [0, 0.05) is 37.3 Å². The Kier molecular flexibility index (Phi) is 4.70. The summed E-state index contributed by atoms with van der Waals surface area (Å²) in [5.74, 6) is -1.48. The van der Waals surface area contributed by atoms with Crippen LogP contribution in [0.15, 0.2) is 11.1 Å². The highest BCUT2D eigenvalue weighted by Crippen LogP contribution is 2.12. The van der Waals surface area contributed by atoms with Gasteiger partial charge in [-0.1, -0.05) is 0 Å². The number of hydrogen-bond donors (Lipinski definition) is 1. The summed E-state index contributed by atoms with van der Waals surface area (Å²) < 4.78 is 24.0. The number of aliphatic carboxylic acids is 1. The van der Waals surface area contributed by atoms with Crippen molar-refractivity contribution in [2.75, 3.05) is 32.4 Å². The molecule has 7 nitrogen and oxygen atoms in total. The minimum atomic E-state index is -3.24. The van der Waals surface area contributed by atoms with Gasteiger partial charge in [0.1, 0.15) is 0 Å². The van der Waals surface area contributed by atoms with Gasteiger partial charge in [-0.2, -0.15) is 4.31 Å². The fraction of sp³-hybridized carbons (Fsp3) is 0.636. The topological polar surface area (TPSA) is 95.0 Å². The Morgan fingerprint density at radius 2 is 1.47 bits per heavy atom. The van der Waals surface area contributed by atoms with Crippen molar-refractivity contribution in [1.29, 1.82) is 0 Å². The molecule has 19 heavy (non-hydrogen) atoms. The minimum Gasteiger partial charge on any atom is -0.478 e. The molecule has 0 unspecified atom stereocenters. The number of carboxylic acid groups (broad SMARTS) is 1. The van der Waals surface area contributed by atoms with E-state index in [9.17, 15) is 18.0 Å². The van der Waals surface area contributed by atoms with Crippen LogP contribution in [0.4, 0.5) is 0 Å². The van der Waals surface area contributed by atoms with Crippen LogP contribution in [0.25, 0.3) is 0 Å². The van der Waals surface area contributed by atoms with Gasteiger partial charge < -0.3 is 10.0 Å². The van der Waals surface area contributed by atoms with Crippen LogP contribution in [0.1, 0.15) is 13.8 Å². The van der Waals surface area contributed by atoms with Crippen LogP contribution in [-0.4, -0.2) is 67.0 Å². The number of piperazine rings is 1. The zero-order valence-corrected chi connectivity index (χ0v) is 12.0. The molecule has 0 spiro atoms. The first-order valence-corrected chi connectivity index (χ1v) is 7.64. The van der Waals surface area contributed by atoms with E-state index >= 15 is 0 Å². The summed E-state index contributed by atoms with van der Waals surface area (Å²) in [6, 6.07) is 0. The number of rotatable bonds is 3. The van der Waals surface area contributed by atoms with Crippen molar-refractivity contribution in [2.24, 2.45) is 0 Å². The predicted molar refractivity (Wildman–Crippen MR) is 69.0 cm³/mol. The first kappa shape index (κ1) is 15.6. The summed E-state index contributed by atoms with van der Waals surface area (Å²) in [6.45, 7) is 3.87. The van der Waals surface area contributed by atoms with E-state index in [1.807, 2.05) is 0 Å². The second-order valence-electron chi connectivity index (χ2n) is 4.51. The normalized spacial score (nSPS) is 19.0. The summed E-state index contributed by atoms with van der Waals surface area (Å²) in [4.78, 5) is 24.3. The Labute approximate surface area is 112 Å². The smallest absolute Gasteiger partial charge is 0.331 e. The molecule has 1 fully saturated rings. The molecule has 0 aromatic rings. The second kappa shape index (κ2) is 5.70. The highest BCUT2D eigenvalue weighted by molar-refractivity contribution is 7.88. The molecule has 1 N–H and O–H groups in total. The van der Waals surface area contributed by atoms with Gasteiger partial charge in [0.25, 0.3) is 0 Å². The number of amides is 1. The molecular formula is C11H18N2O5S. The van der Waals surface area contributed by atoms with E-state index in [1.165, 1.54) is 23.1 Å². The van der Waals surface area contributed by atoms with E-state index in [0.29, 0.717) is 0 Å². The molecule has 0 saturated carbocycles. The lowest BCUT2D eigenvalue weighted by molar-refractivity contribution is -0.134. The molecule has 1 heterocycles. The van der Waals surface area contributed by atoms with E-state index in [4.69, 9.17) is 5.11 Å². The molecule has 1 aliphatic rings. The Balaban J connectivity index is 2.74. The number of nitrogens with zero attached hydrogens (tertiary/aromatic N) is 2. The lowest BCUT2D eigenvalue weighted by Gasteiger charge is -2.33. The lowest BCUT2D eigenvalue weighted by atomic mass is 10.1. The highest BCUT2D eigenvalue weighted by atomic mass is 32.2. The molecule has 0 bridgehead atoms. The number of carbonyl (C=O) groups is 2. The van der Waals surface area contributed by atoms with Crippen molar-refractivity contribution in [3.05, 3.63) is 11.1 Å². The van der Waals surface area contributed by atoms with Gasteiger partial charge in [0.15, 0.2) is 0 Å². The fourth-order valence-corrected chi connectivity index (χ4v) is 2.61. The van der Waals surface area contributed by atoms with Crippen molar-refractivity contribution < 1.29 is 23.1 Å². The summed E-state index contributed by atoms with van der Waals surface area (Å²) in [7, 11) is -3.24. The Morgan fingerprint density at radius 1 is 1.00 bits per heavy atom. The highest BCUT2D eigenvalue weighted by Gasteiger charge is 2.27. The fourth-order valence-electron chi connectivity index (χ4n) is 1.78. The SMILES string of the molecule is CC(C(=O)O)=C(C)C(=O)N1CCN(S(C)(=O)=O)CC1. The third-order valence-electron chi connectivity index (χ3n) is 3.20. The molecule has 0 aromatic heterocycles. The average Bonchev–Trinajstić information content (AvgIpc) is 2.35. The van der Waals surface area contributed by atoms with Gasteiger partial charge in [-0.25, -0.2) is 13.2 Å². The molecule has 108 valence electrons. The molecule has 1 aliphatic heterocycles. The van der Waals surface area contributed by atoms with Crippen molar-refractivity contribution in [1.82, 2.24) is 9.21 Å². The third-order valence-corrected chi connectivity index (χ3v) is 4.50. The monoisotopic (exact) mass is 290 g/mol. The Bertz CT molecular complexity index is 515. The van der Waals surface area contributed by atoms with Crippen molar-refractivity contribution in [3.8, 4) is 0 Å². The minimum absolute atomic E-state index is 0.00976. The number of hydrogen-bond acceptors (Lipinski definition) is 4. The van der Waals surface area contributed by atoms with E-state index in [0.717, 1.165) is 6.26 Å². The summed E-state index contributed by atoms with van der Waals surface area (Å²) >= 11 is 0. The molecule has 1 amide bonds. The molecule has 0 aromatic carbocycles. The molecule has 0 aliphatic carbocycles. The summed E-state index contributed by atoms with van der Waals surface area (Å²) in [5, 5.41) is 8.83. The van der Waals surface area contributed by atoms with Crippen LogP contribution >= 0.6 is 0 Å². The second-order valence-corrected chi connectivity index (χ2v) is 6.49. The molecule has 1 rings (SSSR count). The quantitative estimate of drug-likeness (QED) is 0.708. The molecule has 8 heteroatoms. The summed E-state index contributed by atoms with van der Waals surface area (Å²) in [5.41, 5.74) is 0.191. The van der Waals surface area contributed by atoms with Crippen molar-refractivity contribution in [3.63, 3.8) is 0 Å². The largest absolute Gasteiger partial charge is 0.478 e. The van der Waals surface area contributed by atoms with Gasteiger partial charge in [0.05, 0.1) is 6.26 Å². The van der Waals surface area contributed by atoms with Gasteiger partial charge in [-0.15, -0.1) is 0 Å². The molecule has 0 atom stereocenters. The van der Waals surface area contributed by atoms with Gasteiger partial charge >= 0.3 is 5.97 Å². The number of carboxylic acids is 1. The zero-order chi connectivity index (χ0) is 14.8.